The van der Waals surface area contributed by atoms with Gasteiger partial charge in [0, 0.05) is 24.3 Å². The molecule has 3 aromatic rings. The van der Waals surface area contributed by atoms with Crippen molar-refractivity contribution < 1.29 is 9.53 Å². The molecule has 6 heteroatoms. The number of hydrogen-bond acceptors (Lipinski definition) is 5. The fourth-order valence-electron chi connectivity index (χ4n) is 2.54. The Hall–Kier alpha value is -3.17. The molecule has 2 heterocycles. The van der Waals surface area contributed by atoms with Crippen LogP contribution < -0.4 is 0 Å². The number of carbonyl (C=O) groups is 1. The van der Waals surface area contributed by atoms with Crippen molar-refractivity contribution in [3.05, 3.63) is 71.2 Å². The first-order chi connectivity index (χ1) is 13.3. The highest BCUT2D eigenvalue weighted by molar-refractivity contribution is 7.13. The monoisotopic (exact) mass is 377 g/mol. The van der Waals surface area contributed by atoms with Crippen LogP contribution in [-0.2, 0) is 16.1 Å². The first-order valence-electron chi connectivity index (χ1n) is 8.63. The van der Waals surface area contributed by atoms with Crippen LogP contribution in [-0.4, -0.2) is 22.4 Å². The third kappa shape index (κ3) is 5.40. The number of thiophene rings is 1. The fourth-order valence-corrected chi connectivity index (χ4v) is 3.28. The van der Waals surface area contributed by atoms with E-state index in [2.05, 4.69) is 12.1 Å². The first-order valence-corrected chi connectivity index (χ1v) is 9.51. The number of nitrogens with zero attached hydrogens (tertiary/aromatic N) is 3. The molecule has 2 aromatic heterocycles. The van der Waals surface area contributed by atoms with E-state index in [-0.39, 0.29) is 6.61 Å². The summed E-state index contributed by atoms with van der Waals surface area (Å²) in [7, 11) is 0. The number of nitriles is 1. The molecular weight excluding hydrogens is 358 g/mol. The number of rotatable bonds is 8. The molecule has 0 aliphatic rings. The number of hydrogen-bond donors (Lipinski definition) is 0. The zero-order chi connectivity index (χ0) is 18.9. The highest BCUT2D eigenvalue weighted by Gasteiger charge is 2.11. The van der Waals surface area contributed by atoms with Gasteiger partial charge in [0.15, 0.2) is 0 Å². The Labute approximate surface area is 162 Å². The molecule has 0 spiro atoms. The third-order valence-corrected chi connectivity index (χ3v) is 4.68. The van der Waals surface area contributed by atoms with Crippen molar-refractivity contribution in [3.8, 4) is 16.6 Å². The minimum atomic E-state index is -0.416. The molecule has 0 unspecified atom stereocenters. The van der Waals surface area contributed by atoms with Crippen LogP contribution in [0.1, 0.15) is 24.0 Å². The molecular formula is C21H19N3O2S. The normalized spacial score (nSPS) is 10.8. The van der Waals surface area contributed by atoms with Gasteiger partial charge in [0.2, 0.25) is 0 Å². The van der Waals surface area contributed by atoms with Crippen LogP contribution in [0.25, 0.3) is 16.6 Å². The van der Waals surface area contributed by atoms with Gasteiger partial charge < -0.3 is 4.74 Å². The summed E-state index contributed by atoms with van der Waals surface area (Å²) in [6.45, 7) is 0.910. The lowest BCUT2D eigenvalue weighted by Crippen LogP contribution is -2.01. The van der Waals surface area contributed by atoms with Crippen molar-refractivity contribution in [2.24, 2.45) is 0 Å². The highest BCUT2D eigenvalue weighted by atomic mass is 32.1. The van der Waals surface area contributed by atoms with Crippen molar-refractivity contribution in [2.45, 2.75) is 19.4 Å². The van der Waals surface area contributed by atoms with Gasteiger partial charge in [-0.15, -0.1) is 11.3 Å². The Morgan fingerprint density at radius 3 is 2.85 bits per heavy atom. The molecule has 0 radical (unpaired) electrons. The molecule has 0 saturated carbocycles. The number of esters is 1. The molecule has 0 bridgehead atoms. The van der Waals surface area contributed by atoms with Gasteiger partial charge in [0.05, 0.1) is 24.1 Å². The lowest BCUT2D eigenvalue weighted by atomic mass is 10.2. The summed E-state index contributed by atoms with van der Waals surface area (Å²) in [5.41, 5.74) is 2.86. The quantitative estimate of drug-likeness (QED) is 0.329. The van der Waals surface area contributed by atoms with Crippen LogP contribution >= 0.6 is 11.3 Å². The summed E-state index contributed by atoms with van der Waals surface area (Å²) in [6, 6.07) is 16.1. The second-order valence-electron chi connectivity index (χ2n) is 5.86. The lowest BCUT2D eigenvalue weighted by molar-refractivity contribution is -0.137. The Morgan fingerprint density at radius 1 is 1.26 bits per heavy atom. The van der Waals surface area contributed by atoms with Crippen LogP contribution in [0.5, 0.6) is 0 Å². The minimum absolute atomic E-state index is 0.252. The summed E-state index contributed by atoms with van der Waals surface area (Å²) in [5.74, 6) is -0.416. The average molecular weight is 377 g/mol. The maximum Gasteiger partial charge on any atom is 0.330 e. The molecule has 0 aliphatic heterocycles. The Balaban J connectivity index is 1.75. The molecule has 5 nitrogen and oxygen atoms in total. The highest BCUT2D eigenvalue weighted by Crippen LogP contribution is 2.27. The van der Waals surface area contributed by atoms with Crippen molar-refractivity contribution in [1.82, 2.24) is 9.78 Å². The van der Waals surface area contributed by atoms with E-state index in [1.165, 1.54) is 6.08 Å². The molecule has 0 N–H and O–H groups in total. The third-order valence-electron chi connectivity index (χ3n) is 3.81. The lowest BCUT2D eigenvalue weighted by Gasteiger charge is -2.00. The van der Waals surface area contributed by atoms with Crippen molar-refractivity contribution in [3.63, 3.8) is 0 Å². The molecule has 0 aliphatic carbocycles. The van der Waals surface area contributed by atoms with E-state index in [9.17, 15) is 4.79 Å². The molecule has 0 saturated heterocycles. The SMILES string of the molecule is N#CCCCOC(=O)C=Cc1cn(Cc2ccccc2)nc1-c1cccs1. The number of aromatic nitrogens is 2. The summed E-state index contributed by atoms with van der Waals surface area (Å²) in [4.78, 5) is 12.9. The predicted octanol–water partition coefficient (Wildman–Crippen LogP) is 4.52. The van der Waals surface area contributed by atoms with E-state index < -0.39 is 5.97 Å². The number of unbranched alkanes of at least 4 members (excludes halogenated alkanes) is 1. The van der Waals surface area contributed by atoms with E-state index in [0.717, 1.165) is 21.7 Å². The van der Waals surface area contributed by atoms with Gasteiger partial charge in [-0.3, -0.25) is 4.68 Å². The van der Waals surface area contributed by atoms with Crippen LogP contribution in [0.2, 0.25) is 0 Å². The summed E-state index contributed by atoms with van der Waals surface area (Å²) >= 11 is 1.61. The zero-order valence-electron chi connectivity index (χ0n) is 14.7. The average Bonchev–Trinajstić information content (AvgIpc) is 3.34. The fraction of sp³-hybridized carbons (Fsp3) is 0.190. The van der Waals surface area contributed by atoms with E-state index in [4.69, 9.17) is 15.1 Å². The smallest absolute Gasteiger partial charge is 0.330 e. The number of benzene rings is 1. The molecule has 1 aromatic carbocycles. The van der Waals surface area contributed by atoms with Gasteiger partial charge in [-0.1, -0.05) is 36.4 Å². The van der Waals surface area contributed by atoms with Crippen LogP contribution in [0.3, 0.4) is 0 Å². The van der Waals surface area contributed by atoms with Crippen LogP contribution in [0, 0.1) is 11.3 Å². The van der Waals surface area contributed by atoms with Crippen LogP contribution in [0.4, 0.5) is 0 Å². The summed E-state index contributed by atoms with van der Waals surface area (Å²) in [6.07, 6.45) is 6.00. The van der Waals surface area contributed by atoms with Gasteiger partial charge in [-0.05, 0) is 29.5 Å². The van der Waals surface area contributed by atoms with E-state index in [1.54, 1.807) is 17.4 Å². The van der Waals surface area contributed by atoms with Crippen molar-refractivity contribution in [1.29, 1.82) is 5.26 Å². The van der Waals surface area contributed by atoms with Crippen LogP contribution in [0.15, 0.2) is 60.1 Å². The van der Waals surface area contributed by atoms with Crippen molar-refractivity contribution >= 4 is 23.4 Å². The maximum absolute atomic E-state index is 11.9. The standard InChI is InChI=1S/C21H19N3O2S/c22-12-4-5-13-26-20(25)11-10-18-16-24(15-17-7-2-1-3-8-17)23-21(18)19-9-6-14-27-19/h1-3,6-11,14,16H,4-5,13,15H2. The topological polar surface area (TPSA) is 67.9 Å². The van der Waals surface area contributed by atoms with E-state index >= 15 is 0 Å². The van der Waals surface area contributed by atoms with Gasteiger partial charge in [-0.25, -0.2) is 4.79 Å². The maximum atomic E-state index is 11.9. The Kier molecular flexibility index (Phi) is 6.55. The summed E-state index contributed by atoms with van der Waals surface area (Å²) < 4.78 is 6.97. The largest absolute Gasteiger partial charge is 0.462 e. The van der Waals surface area contributed by atoms with Gasteiger partial charge in [0.25, 0.3) is 0 Å². The molecule has 0 amide bonds. The Bertz CT molecular complexity index is 938. The molecule has 3 rings (SSSR count). The van der Waals surface area contributed by atoms with E-state index in [0.29, 0.717) is 19.4 Å². The van der Waals surface area contributed by atoms with Gasteiger partial charge in [0.1, 0.15) is 5.69 Å². The number of carbonyl (C=O) groups excluding carboxylic acids is 1. The molecule has 0 atom stereocenters. The molecule has 27 heavy (non-hydrogen) atoms. The molecule has 136 valence electrons. The van der Waals surface area contributed by atoms with Crippen molar-refractivity contribution in [2.75, 3.05) is 6.61 Å². The van der Waals surface area contributed by atoms with Gasteiger partial charge in [-0.2, -0.15) is 10.4 Å². The van der Waals surface area contributed by atoms with Gasteiger partial charge >= 0.3 is 5.97 Å². The Morgan fingerprint density at radius 2 is 2.11 bits per heavy atom. The predicted molar refractivity (Wildman–Crippen MR) is 106 cm³/mol. The molecule has 0 fully saturated rings. The minimum Gasteiger partial charge on any atom is -0.462 e. The second-order valence-corrected chi connectivity index (χ2v) is 6.80. The second kappa shape index (κ2) is 9.51. The van der Waals surface area contributed by atoms with E-state index in [1.807, 2.05) is 52.7 Å². The zero-order valence-corrected chi connectivity index (χ0v) is 15.6. The first kappa shape index (κ1) is 18.6. The summed E-state index contributed by atoms with van der Waals surface area (Å²) in [5, 5.41) is 15.2. The number of ether oxygens (including phenoxy) is 1.